The van der Waals surface area contributed by atoms with Crippen LogP contribution in [-0.4, -0.2) is 35.6 Å². The van der Waals surface area contributed by atoms with Crippen LogP contribution in [0.4, 0.5) is 5.95 Å². The average molecular weight is 246 g/mol. The number of piperidine rings is 1. The minimum atomic E-state index is 0.700. The molecule has 4 heteroatoms. The molecule has 1 saturated heterocycles. The lowest BCUT2D eigenvalue weighted by Gasteiger charge is -2.34. The fourth-order valence-electron chi connectivity index (χ4n) is 2.77. The highest BCUT2D eigenvalue weighted by Crippen LogP contribution is 2.25. The molecular formula is C14H22N4. The van der Waals surface area contributed by atoms with E-state index in [2.05, 4.69) is 20.2 Å². The highest BCUT2D eigenvalue weighted by Gasteiger charge is 2.23. The van der Waals surface area contributed by atoms with Crippen LogP contribution < -0.4 is 10.2 Å². The molecule has 2 fully saturated rings. The van der Waals surface area contributed by atoms with Gasteiger partial charge in [0.1, 0.15) is 0 Å². The van der Waals surface area contributed by atoms with Crippen LogP contribution in [0.15, 0.2) is 18.5 Å². The zero-order chi connectivity index (χ0) is 12.2. The number of aromatic nitrogens is 2. The van der Waals surface area contributed by atoms with Crippen molar-refractivity contribution in [1.82, 2.24) is 15.3 Å². The van der Waals surface area contributed by atoms with Crippen LogP contribution in [-0.2, 0) is 0 Å². The molecule has 3 rings (SSSR count). The van der Waals surface area contributed by atoms with E-state index in [1.807, 2.05) is 18.5 Å². The Morgan fingerprint density at radius 1 is 1.11 bits per heavy atom. The first-order chi connectivity index (χ1) is 8.92. The molecule has 0 spiro atoms. The molecule has 0 aromatic carbocycles. The summed E-state index contributed by atoms with van der Waals surface area (Å²) in [7, 11) is 0. The topological polar surface area (TPSA) is 41.1 Å². The van der Waals surface area contributed by atoms with Crippen molar-refractivity contribution in [3.05, 3.63) is 18.5 Å². The predicted molar refractivity (Wildman–Crippen MR) is 72.6 cm³/mol. The third-order valence-corrected chi connectivity index (χ3v) is 4.25. The third-order valence-electron chi connectivity index (χ3n) is 4.25. The number of hydrogen-bond acceptors (Lipinski definition) is 4. The van der Waals surface area contributed by atoms with E-state index in [0.717, 1.165) is 25.0 Å². The molecule has 0 atom stereocenters. The monoisotopic (exact) mass is 246 g/mol. The summed E-state index contributed by atoms with van der Waals surface area (Å²) in [6.45, 7) is 3.38. The van der Waals surface area contributed by atoms with Gasteiger partial charge in [0, 0.05) is 31.5 Å². The molecule has 98 valence electrons. The summed E-state index contributed by atoms with van der Waals surface area (Å²) in [6, 6.07) is 2.57. The second-order valence-electron chi connectivity index (χ2n) is 5.52. The van der Waals surface area contributed by atoms with E-state index in [0.29, 0.717) is 6.04 Å². The van der Waals surface area contributed by atoms with Gasteiger partial charge in [0.05, 0.1) is 0 Å². The van der Waals surface area contributed by atoms with Crippen molar-refractivity contribution < 1.29 is 0 Å². The average Bonchev–Trinajstić information content (AvgIpc) is 2.39. The fourth-order valence-corrected chi connectivity index (χ4v) is 2.77. The summed E-state index contributed by atoms with van der Waals surface area (Å²) >= 11 is 0. The van der Waals surface area contributed by atoms with Gasteiger partial charge in [0.2, 0.25) is 5.95 Å². The summed E-state index contributed by atoms with van der Waals surface area (Å²) in [4.78, 5) is 10.9. The zero-order valence-corrected chi connectivity index (χ0v) is 10.9. The van der Waals surface area contributed by atoms with Crippen LogP contribution in [0, 0.1) is 5.92 Å². The van der Waals surface area contributed by atoms with Gasteiger partial charge in [-0.25, -0.2) is 9.97 Å². The number of nitrogens with zero attached hydrogens (tertiary/aromatic N) is 3. The standard InChI is InChI=1S/C14H22N4/c1-3-12(4-1)11-17-13-5-9-18(10-6-13)14-15-7-2-8-16-14/h2,7-8,12-13,17H,1,3-6,9-11H2. The number of rotatable bonds is 4. The summed E-state index contributed by atoms with van der Waals surface area (Å²) in [6.07, 6.45) is 10.4. The van der Waals surface area contributed by atoms with Gasteiger partial charge in [-0.05, 0) is 44.2 Å². The lowest BCUT2D eigenvalue weighted by Crippen LogP contribution is -2.45. The van der Waals surface area contributed by atoms with Crippen molar-refractivity contribution in [2.75, 3.05) is 24.5 Å². The molecule has 0 radical (unpaired) electrons. The molecule has 1 aliphatic carbocycles. The Morgan fingerprint density at radius 2 is 1.83 bits per heavy atom. The fraction of sp³-hybridized carbons (Fsp3) is 0.714. The molecular weight excluding hydrogens is 224 g/mol. The van der Waals surface area contributed by atoms with E-state index in [-0.39, 0.29) is 0 Å². The van der Waals surface area contributed by atoms with Crippen LogP contribution in [0.5, 0.6) is 0 Å². The van der Waals surface area contributed by atoms with Crippen molar-refractivity contribution in [2.45, 2.75) is 38.1 Å². The Bertz CT molecular complexity index is 355. The summed E-state index contributed by atoms with van der Waals surface area (Å²) in [5.41, 5.74) is 0. The lowest BCUT2D eigenvalue weighted by molar-refractivity contribution is 0.277. The third kappa shape index (κ3) is 2.80. The molecule has 0 unspecified atom stereocenters. The van der Waals surface area contributed by atoms with Gasteiger partial charge < -0.3 is 10.2 Å². The van der Waals surface area contributed by atoms with E-state index in [1.165, 1.54) is 38.6 Å². The maximum Gasteiger partial charge on any atom is 0.225 e. The largest absolute Gasteiger partial charge is 0.341 e. The van der Waals surface area contributed by atoms with Crippen LogP contribution in [0.3, 0.4) is 0 Å². The molecule has 1 aromatic rings. The SMILES string of the molecule is c1cnc(N2CCC(NCC3CCC3)CC2)nc1. The first-order valence-electron chi connectivity index (χ1n) is 7.17. The predicted octanol–water partition coefficient (Wildman–Crippen LogP) is 1.84. The van der Waals surface area contributed by atoms with Gasteiger partial charge in [0.15, 0.2) is 0 Å². The molecule has 1 aliphatic heterocycles. The minimum Gasteiger partial charge on any atom is -0.341 e. The Labute approximate surface area is 109 Å². The lowest BCUT2D eigenvalue weighted by atomic mass is 9.85. The van der Waals surface area contributed by atoms with Gasteiger partial charge in [0.25, 0.3) is 0 Å². The molecule has 0 bridgehead atoms. The van der Waals surface area contributed by atoms with Gasteiger partial charge in [-0.2, -0.15) is 0 Å². The Hall–Kier alpha value is -1.16. The normalized spacial score (nSPS) is 21.9. The molecule has 1 aromatic heterocycles. The van der Waals surface area contributed by atoms with Crippen LogP contribution in [0.2, 0.25) is 0 Å². The second kappa shape index (κ2) is 5.65. The van der Waals surface area contributed by atoms with Crippen molar-refractivity contribution in [2.24, 2.45) is 5.92 Å². The first-order valence-corrected chi connectivity index (χ1v) is 7.17. The molecule has 2 heterocycles. The van der Waals surface area contributed by atoms with Crippen LogP contribution in [0.25, 0.3) is 0 Å². The highest BCUT2D eigenvalue weighted by atomic mass is 15.3. The van der Waals surface area contributed by atoms with E-state index >= 15 is 0 Å². The van der Waals surface area contributed by atoms with E-state index in [9.17, 15) is 0 Å². The van der Waals surface area contributed by atoms with Crippen molar-refractivity contribution >= 4 is 5.95 Å². The summed E-state index contributed by atoms with van der Waals surface area (Å²) < 4.78 is 0. The highest BCUT2D eigenvalue weighted by molar-refractivity contribution is 5.29. The maximum absolute atomic E-state index is 4.32. The van der Waals surface area contributed by atoms with E-state index in [4.69, 9.17) is 0 Å². The number of nitrogens with one attached hydrogen (secondary N) is 1. The molecule has 18 heavy (non-hydrogen) atoms. The quantitative estimate of drug-likeness (QED) is 0.880. The smallest absolute Gasteiger partial charge is 0.225 e. The number of hydrogen-bond donors (Lipinski definition) is 1. The van der Waals surface area contributed by atoms with Gasteiger partial charge >= 0.3 is 0 Å². The van der Waals surface area contributed by atoms with E-state index < -0.39 is 0 Å². The van der Waals surface area contributed by atoms with Crippen LogP contribution >= 0.6 is 0 Å². The molecule has 1 saturated carbocycles. The molecule has 1 N–H and O–H groups in total. The Kier molecular flexibility index (Phi) is 3.74. The van der Waals surface area contributed by atoms with E-state index in [1.54, 1.807) is 0 Å². The minimum absolute atomic E-state index is 0.700. The second-order valence-corrected chi connectivity index (χ2v) is 5.52. The molecule has 4 nitrogen and oxygen atoms in total. The van der Waals surface area contributed by atoms with Crippen LogP contribution in [0.1, 0.15) is 32.1 Å². The van der Waals surface area contributed by atoms with Gasteiger partial charge in [-0.15, -0.1) is 0 Å². The maximum atomic E-state index is 4.32. The first kappa shape index (κ1) is 11.9. The van der Waals surface area contributed by atoms with Crippen molar-refractivity contribution in [3.8, 4) is 0 Å². The van der Waals surface area contributed by atoms with Crippen molar-refractivity contribution in [3.63, 3.8) is 0 Å². The van der Waals surface area contributed by atoms with Crippen molar-refractivity contribution in [1.29, 1.82) is 0 Å². The molecule has 2 aliphatic rings. The summed E-state index contributed by atoms with van der Waals surface area (Å²) in [5.74, 6) is 1.84. The summed E-state index contributed by atoms with van der Waals surface area (Å²) in [5, 5.41) is 3.73. The number of anilines is 1. The Balaban J connectivity index is 1.43. The van der Waals surface area contributed by atoms with Gasteiger partial charge in [-0.1, -0.05) is 6.42 Å². The molecule has 0 amide bonds. The zero-order valence-electron chi connectivity index (χ0n) is 10.9. The van der Waals surface area contributed by atoms with Gasteiger partial charge in [-0.3, -0.25) is 0 Å². The Morgan fingerprint density at radius 3 is 2.44 bits per heavy atom.